The number of sulfonamides is 1. The number of nitrogens with one attached hydrogen (secondary N) is 3. The molecular formula is C18H31N5O2S. The Hall–Kier alpha value is -1.80. The van der Waals surface area contributed by atoms with Gasteiger partial charge in [0, 0.05) is 37.9 Å². The van der Waals surface area contributed by atoms with Gasteiger partial charge in [0.25, 0.3) is 0 Å². The second-order valence-corrected chi connectivity index (χ2v) is 8.53. The predicted octanol–water partition coefficient (Wildman–Crippen LogP) is 1.07. The lowest BCUT2D eigenvalue weighted by atomic mass is 10.0. The van der Waals surface area contributed by atoms with Crippen LogP contribution in [0.1, 0.15) is 25.3 Å². The zero-order valence-electron chi connectivity index (χ0n) is 16.0. The third-order valence-corrected chi connectivity index (χ3v) is 4.98. The van der Waals surface area contributed by atoms with Crippen molar-refractivity contribution in [3.8, 4) is 0 Å². The molecule has 1 aromatic rings. The summed E-state index contributed by atoms with van der Waals surface area (Å²) in [6.07, 6.45) is 3.37. The van der Waals surface area contributed by atoms with E-state index in [9.17, 15) is 8.42 Å². The van der Waals surface area contributed by atoms with Crippen molar-refractivity contribution in [2.75, 3.05) is 43.9 Å². The molecule has 0 amide bonds. The zero-order valence-corrected chi connectivity index (χ0v) is 16.8. The molecule has 0 radical (unpaired) electrons. The Kier molecular flexibility index (Phi) is 7.71. The minimum absolute atomic E-state index is 0.301. The van der Waals surface area contributed by atoms with Crippen molar-refractivity contribution >= 4 is 21.7 Å². The Bertz CT molecular complexity index is 688. The van der Waals surface area contributed by atoms with Crippen LogP contribution in [0.2, 0.25) is 0 Å². The van der Waals surface area contributed by atoms with E-state index in [1.54, 1.807) is 0 Å². The number of anilines is 1. The van der Waals surface area contributed by atoms with Gasteiger partial charge in [-0.05, 0) is 38.8 Å². The van der Waals surface area contributed by atoms with Gasteiger partial charge >= 0.3 is 0 Å². The van der Waals surface area contributed by atoms with Crippen LogP contribution in [-0.2, 0) is 10.0 Å². The van der Waals surface area contributed by atoms with E-state index < -0.39 is 10.0 Å². The lowest BCUT2D eigenvalue weighted by molar-refractivity contribution is 0.468. The molecule has 1 unspecified atom stereocenters. The lowest BCUT2D eigenvalue weighted by Gasteiger charge is -2.35. The van der Waals surface area contributed by atoms with Crippen LogP contribution in [-0.4, -0.2) is 59.4 Å². The fourth-order valence-corrected chi connectivity index (χ4v) is 3.46. The molecule has 0 aliphatic carbocycles. The second-order valence-electron chi connectivity index (χ2n) is 6.69. The molecule has 0 spiro atoms. The average molecular weight is 382 g/mol. The van der Waals surface area contributed by atoms with Crippen LogP contribution in [0.15, 0.2) is 29.3 Å². The Labute approximate surface area is 157 Å². The molecule has 146 valence electrons. The zero-order chi connectivity index (χ0) is 19.0. The van der Waals surface area contributed by atoms with Crippen LogP contribution in [0.5, 0.6) is 0 Å². The molecule has 0 saturated carbocycles. The number of aliphatic imine (C=N–C) groups is 1. The minimum atomic E-state index is -3.17. The summed E-state index contributed by atoms with van der Waals surface area (Å²) in [4.78, 5) is 6.87. The summed E-state index contributed by atoms with van der Waals surface area (Å²) in [5.74, 6) is 0.735. The second kappa shape index (κ2) is 9.78. The van der Waals surface area contributed by atoms with Gasteiger partial charge in [0.05, 0.1) is 12.8 Å². The smallest absolute Gasteiger partial charge is 0.208 e. The highest BCUT2D eigenvalue weighted by molar-refractivity contribution is 7.88. The maximum Gasteiger partial charge on any atom is 0.208 e. The Morgan fingerprint density at radius 2 is 2.04 bits per heavy atom. The first kappa shape index (κ1) is 20.5. The topological polar surface area (TPSA) is 85.8 Å². The third-order valence-electron chi connectivity index (χ3n) is 4.25. The molecule has 1 saturated heterocycles. The van der Waals surface area contributed by atoms with Gasteiger partial charge in [0.2, 0.25) is 10.0 Å². The molecule has 1 heterocycles. The fourth-order valence-electron chi connectivity index (χ4n) is 3.00. The highest BCUT2D eigenvalue weighted by Crippen LogP contribution is 2.20. The Morgan fingerprint density at radius 3 is 2.69 bits per heavy atom. The van der Waals surface area contributed by atoms with E-state index in [-0.39, 0.29) is 0 Å². The van der Waals surface area contributed by atoms with Crippen molar-refractivity contribution in [1.82, 2.24) is 15.4 Å². The number of nitrogens with zero attached hydrogens (tertiary/aromatic N) is 2. The van der Waals surface area contributed by atoms with Gasteiger partial charge < -0.3 is 15.5 Å². The quantitative estimate of drug-likeness (QED) is 0.374. The number of rotatable bonds is 7. The number of hydrogen-bond acceptors (Lipinski definition) is 4. The fraction of sp³-hybridized carbons (Fsp3) is 0.611. The lowest BCUT2D eigenvalue weighted by Crippen LogP contribution is -2.51. The molecular weight excluding hydrogens is 350 g/mol. The molecule has 0 bridgehead atoms. The Balaban J connectivity index is 1.91. The molecule has 1 atom stereocenters. The third kappa shape index (κ3) is 7.21. The average Bonchev–Trinajstić information content (AvgIpc) is 2.59. The standard InChI is InChI=1S/C18H31N5O2S/c1-4-19-18(20-11-12-21-26(3,24)25)22-16-6-5-13-23(14-16)17-9-7-15(2)8-10-17/h7-10,16,21H,4-6,11-14H2,1-3H3,(H2,19,20,22). The number of aryl methyl sites for hydroxylation is 1. The summed E-state index contributed by atoms with van der Waals surface area (Å²) in [5, 5.41) is 6.72. The molecule has 26 heavy (non-hydrogen) atoms. The van der Waals surface area contributed by atoms with Crippen molar-refractivity contribution in [2.24, 2.45) is 4.99 Å². The summed E-state index contributed by atoms with van der Waals surface area (Å²) >= 11 is 0. The molecule has 2 rings (SSSR count). The van der Waals surface area contributed by atoms with E-state index in [4.69, 9.17) is 0 Å². The van der Waals surface area contributed by atoms with Crippen LogP contribution in [0, 0.1) is 6.92 Å². The van der Waals surface area contributed by atoms with Crippen LogP contribution in [0.4, 0.5) is 5.69 Å². The number of guanidine groups is 1. The van der Waals surface area contributed by atoms with Crippen LogP contribution >= 0.6 is 0 Å². The molecule has 1 aliphatic heterocycles. The molecule has 7 nitrogen and oxygen atoms in total. The van der Waals surface area contributed by atoms with E-state index in [2.05, 4.69) is 56.4 Å². The van der Waals surface area contributed by atoms with Gasteiger partial charge in [-0.25, -0.2) is 13.1 Å². The van der Waals surface area contributed by atoms with E-state index in [0.717, 1.165) is 44.7 Å². The van der Waals surface area contributed by atoms with Crippen LogP contribution in [0.25, 0.3) is 0 Å². The first-order valence-corrected chi connectivity index (χ1v) is 11.1. The van der Waals surface area contributed by atoms with Crippen molar-refractivity contribution in [3.05, 3.63) is 29.8 Å². The first-order valence-electron chi connectivity index (χ1n) is 9.18. The van der Waals surface area contributed by atoms with E-state index in [0.29, 0.717) is 19.1 Å². The molecule has 8 heteroatoms. The summed E-state index contributed by atoms with van der Waals surface area (Å²) in [7, 11) is -3.17. The van der Waals surface area contributed by atoms with E-state index in [1.165, 1.54) is 11.3 Å². The van der Waals surface area contributed by atoms with Crippen LogP contribution in [0.3, 0.4) is 0 Å². The normalized spacial score (nSPS) is 18.7. The van der Waals surface area contributed by atoms with Gasteiger partial charge in [-0.15, -0.1) is 0 Å². The van der Waals surface area contributed by atoms with Gasteiger partial charge in [-0.2, -0.15) is 0 Å². The monoisotopic (exact) mass is 381 g/mol. The van der Waals surface area contributed by atoms with E-state index in [1.807, 2.05) is 6.92 Å². The van der Waals surface area contributed by atoms with Crippen molar-refractivity contribution < 1.29 is 8.42 Å². The summed E-state index contributed by atoms with van der Waals surface area (Å²) in [6, 6.07) is 8.95. The first-order chi connectivity index (χ1) is 12.4. The maximum atomic E-state index is 11.1. The van der Waals surface area contributed by atoms with Crippen molar-refractivity contribution in [2.45, 2.75) is 32.7 Å². The molecule has 3 N–H and O–H groups in total. The molecule has 1 fully saturated rings. The number of piperidine rings is 1. The largest absolute Gasteiger partial charge is 0.369 e. The number of hydrogen-bond donors (Lipinski definition) is 3. The summed E-state index contributed by atoms with van der Waals surface area (Å²) in [6.45, 7) is 7.57. The highest BCUT2D eigenvalue weighted by atomic mass is 32.2. The van der Waals surface area contributed by atoms with Crippen molar-refractivity contribution in [1.29, 1.82) is 0 Å². The maximum absolute atomic E-state index is 11.1. The van der Waals surface area contributed by atoms with E-state index >= 15 is 0 Å². The van der Waals surface area contributed by atoms with Gasteiger partial charge in [0.15, 0.2) is 5.96 Å². The highest BCUT2D eigenvalue weighted by Gasteiger charge is 2.20. The van der Waals surface area contributed by atoms with Crippen molar-refractivity contribution in [3.63, 3.8) is 0 Å². The molecule has 1 aromatic carbocycles. The minimum Gasteiger partial charge on any atom is -0.369 e. The van der Waals surface area contributed by atoms with Gasteiger partial charge in [-0.3, -0.25) is 4.99 Å². The predicted molar refractivity (Wildman–Crippen MR) is 108 cm³/mol. The van der Waals surface area contributed by atoms with Crippen LogP contribution < -0.4 is 20.3 Å². The summed E-state index contributed by atoms with van der Waals surface area (Å²) < 4.78 is 24.7. The number of benzene rings is 1. The van der Waals surface area contributed by atoms with Gasteiger partial charge in [0.1, 0.15) is 0 Å². The SMILES string of the molecule is CCNC(=NCCNS(C)(=O)=O)NC1CCCN(c2ccc(C)cc2)C1. The molecule has 0 aromatic heterocycles. The molecule has 1 aliphatic rings. The van der Waals surface area contributed by atoms with Gasteiger partial charge in [-0.1, -0.05) is 17.7 Å². The Morgan fingerprint density at radius 1 is 1.31 bits per heavy atom. The summed E-state index contributed by atoms with van der Waals surface area (Å²) in [5.41, 5.74) is 2.52.